The maximum Gasteiger partial charge on any atom is 0.128 e. The molecule has 0 saturated carbocycles. The number of rotatable bonds is 3. The van der Waals surface area contributed by atoms with Gasteiger partial charge in [-0.25, -0.2) is 9.97 Å². The molecule has 92 valence electrons. The first-order valence-electron chi connectivity index (χ1n) is 5.77. The first-order chi connectivity index (χ1) is 9.36. The monoisotopic (exact) mass is 266 g/mol. The number of nitrogens with one attached hydrogen (secondary N) is 1. The summed E-state index contributed by atoms with van der Waals surface area (Å²) in [6.45, 7) is 0.611. The smallest absolute Gasteiger partial charge is 0.128 e. The van der Waals surface area contributed by atoms with Crippen molar-refractivity contribution in [1.29, 1.82) is 5.26 Å². The predicted octanol–water partition coefficient (Wildman–Crippen LogP) is 3.18. The molecule has 0 radical (unpaired) electrons. The molecule has 2 heterocycles. The number of nitrogens with zero attached hydrogens (tertiary/aromatic N) is 3. The summed E-state index contributed by atoms with van der Waals surface area (Å²) in [6, 6.07) is 11.6. The quantitative estimate of drug-likeness (QED) is 0.791. The summed E-state index contributed by atoms with van der Waals surface area (Å²) in [5, 5.41) is 15.3. The second-order valence-electron chi connectivity index (χ2n) is 4.02. The lowest BCUT2D eigenvalue weighted by Crippen LogP contribution is -2.02. The lowest BCUT2D eigenvalue weighted by Gasteiger charge is -2.06. The Bertz CT molecular complexity index is 744. The van der Waals surface area contributed by atoms with E-state index in [0.29, 0.717) is 17.9 Å². The molecule has 0 spiro atoms. The van der Waals surface area contributed by atoms with Gasteiger partial charge < -0.3 is 5.32 Å². The van der Waals surface area contributed by atoms with Crippen molar-refractivity contribution in [3.63, 3.8) is 0 Å². The van der Waals surface area contributed by atoms with E-state index in [0.717, 1.165) is 16.6 Å². The van der Waals surface area contributed by atoms with Gasteiger partial charge in [0, 0.05) is 10.8 Å². The maximum absolute atomic E-state index is 9.20. The van der Waals surface area contributed by atoms with Crippen LogP contribution in [0, 0.1) is 11.3 Å². The highest BCUT2D eigenvalue weighted by molar-refractivity contribution is 7.07. The van der Waals surface area contributed by atoms with Gasteiger partial charge in [0.05, 0.1) is 34.9 Å². The number of hydrogen-bond acceptors (Lipinski definition) is 5. The molecule has 0 amide bonds. The molecule has 5 heteroatoms. The highest BCUT2D eigenvalue weighted by atomic mass is 32.1. The third kappa shape index (κ3) is 2.39. The van der Waals surface area contributed by atoms with Crippen molar-refractivity contribution in [2.45, 2.75) is 6.54 Å². The number of para-hydroxylation sites is 1. The Balaban J connectivity index is 1.94. The van der Waals surface area contributed by atoms with Gasteiger partial charge >= 0.3 is 0 Å². The van der Waals surface area contributed by atoms with Crippen molar-refractivity contribution < 1.29 is 0 Å². The SMILES string of the molecule is N#Cc1cc(NCc2cscn2)nc2ccccc12. The zero-order valence-corrected chi connectivity index (χ0v) is 10.8. The van der Waals surface area contributed by atoms with Crippen LogP contribution in [-0.2, 0) is 6.54 Å². The van der Waals surface area contributed by atoms with Crippen LogP contribution < -0.4 is 5.32 Å². The highest BCUT2D eigenvalue weighted by Gasteiger charge is 2.05. The number of anilines is 1. The van der Waals surface area contributed by atoms with Gasteiger partial charge in [0.1, 0.15) is 5.82 Å². The van der Waals surface area contributed by atoms with E-state index in [-0.39, 0.29) is 0 Å². The van der Waals surface area contributed by atoms with E-state index in [1.165, 1.54) is 0 Å². The molecule has 0 fully saturated rings. The van der Waals surface area contributed by atoms with Crippen molar-refractivity contribution in [1.82, 2.24) is 9.97 Å². The minimum atomic E-state index is 0.611. The van der Waals surface area contributed by atoms with Gasteiger partial charge in [-0.05, 0) is 12.1 Å². The summed E-state index contributed by atoms with van der Waals surface area (Å²) in [7, 11) is 0. The second-order valence-corrected chi connectivity index (χ2v) is 4.74. The van der Waals surface area contributed by atoms with Crippen LogP contribution in [-0.4, -0.2) is 9.97 Å². The summed E-state index contributed by atoms with van der Waals surface area (Å²) >= 11 is 1.56. The molecule has 0 aliphatic heterocycles. The molecule has 0 saturated heterocycles. The van der Waals surface area contributed by atoms with Gasteiger partial charge in [-0.2, -0.15) is 5.26 Å². The molecule has 0 atom stereocenters. The van der Waals surface area contributed by atoms with Crippen LogP contribution in [0.2, 0.25) is 0 Å². The van der Waals surface area contributed by atoms with Crippen LogP contribution in [0.5, 0.6) is 0 Å². The van der Waals surface area contributed by atoms with Crippen LogP contribution in [0.15, 0.2) is 41.2 Å². The normalized spacial score (nSPS) is 10.3. The Kier molecular flexibility index (Phi) is 3.09. The molecular weight excluding hydrogens is 256 g/mol. The number of nitriles is 1. The lowest BCUT2D eigenvalue weighted by atomic mass is 10.1. The average molecular weight is 266 g/mol. The van der Waals surface area contributed by atoms with Gasteiger partial charge in [-0.3, -0.25) is 0 Å². The lowest BCUT2D eigenvalue weighted by molar-refractivity contribution is 1.06. The molecule has 0 aliphatic rings. The largest absolute Gasteiger partial charge is 0.364 e. The first-order valence-corrected chi connectivity index (χ1v) is 6.72. The third-order valence-corrected chi connectivity index (χ3v) is 3.41. The van der Waals surface area contributed by atoms with Crippen LogP contribution in [0.4, 0.5) is 5.82 Å². The van der Waals surface area contributed by atoms with E-state index < -0.39 is 0 Å². The minimum absolute atomic E-state index is 0.611. The summed E-state index contributed by atoms with van der Waals surface area (Å²) in [4.78, 5) is 8.70. The number of aromatic nitrogens is 2. The van der Waals surface area contributed by atoms with Gasteiger partial charge in [-0.15, -0.1) is 11.3 Å². The Morgan fingerprint density at radius 1 is 1.32 bits per heavy atom. The highest BCUT2D eigenvalue weighted by Crippen LogP contribution is 2.20. The molecule has 3 rings (SSSR count). The predicted molar refractivity (Wildman–Crippen MR) is 75.9 cm³/mol. The second kappa shape index (κ2) is 5.04. The van der Waals surface area contributed by atoms with Crippen molar-refractivity contribution >= 4 is 28.1 Å². The van der Waals surface area contributed by atoms with Crippen LogP contribution in [0.25, 0.3) is 10.9 Å². The van der Waals surface area contributed by atoms with E-state index in [2.05, 4.69) is 21.4 Å². The Morgan fingerprint density at radius 2 is 2.21 bits per heavy atom. The molecule has 1 aromatic carbocycles. The van der Waals surface area contributed by atoms with E-state index in [1.54, 1.807) is 22.9 Å². The number of benzene rings is 1. The van der Waals surface area contributed by atoms with Crippen LogP contribution in [0.1, 0.15) is 11.3 Å². The van der Waals surface area contributed by atoms with Crippen LogP contribution in [0.3, 0.4) is 0 Å². The Hall–Kier alpha value is -2.45. The van der Waals surface area contributed by atoms with E-state index >= 15 is 0 Å². The molecule has 2 aromatic heterocycles. The standard InChI is InChI=1S/C14H10N4S/c15-6-10-5-14(16-7-11-8-19-9-17-11)18-13-4-2-1-3-12(10)13/h1-5,8-9H,7H2,(H,16,18). The fraction of sp³-hybridized carbons (Fsp3) is 0.0714. The Morgan fingerprint density at radius 3 is 3.00 bits per heavy atom. The summed E-state index contributed by atoms with van der Waals surface area (Å²) in [5.74, 6) is 0.697. The van der Waals surface area contributed by atoms with Crippen molar-refractivity contribution in [3.8, 4) is 6.07 Å². The van der Waals surface area contributed by atoms with Gasteiger partial charge in [0.15, 0.2) is 0 Å². The summed E-state index contributed by atoms with van der Waals surface area (Å²) in [5.41, 5.74) is 4.22. The van der Waals surface area contributed by atoms with Crippen molar-refractivity contribution in [2.75, 3.05) is 5.32 Å². The van der Waals surface area contributed by atoms with E-state index in [1.807, 2.05) is 29.6 Å². The number of hydrogen-bond donors (Lipinski definition) is 1. The third-order valence-electron chi connectivity index (χ3n) is 2.77. The molecule has 0 unspecified atom stereocenters. The molecular formula is C14H10N4S. The molecule has 0 aliphatic carbocycles. The summed E-state index contributed by atoms with van der Waals surface area (Å²) < 4.78 is 0. The van der Waals surface area contributed by atoms with Crippen molar-refractivity contribution in [2.24, 2.45) is 0 Å². The van der Waals surface area contributed by atoms with Gasteiger partial charge in [0.25, 0.3) is 0 Å². The number of thiazole rings is 1. The fourth-order valence-electron chi connectivity index (χ4n) is 1.86. The van der Waals surface area contributed by atoms with Gasteiger partial charge in [0.2, 0.25) is 0 Å². The topological polar surface area (TPSA) is 61.6 Å². The average Bonchev–Trinajstić information content (AvgIpc) is 2.97. The number of fused-ring (bicyclic) bond motifs is 1. The zero-order chi connectivity index (χ0) is 13.1. The molecule has 4 nitrogen and oxygen atoms in total. The van der Waals surface area contributed by atoms with E-state index in [9.17, 15) is 5.26 Å². The van der Waals surface area contributed by atoms with Crippen molar-refractivity contribution in [3.05, 3.63) is 52.5 Å². The number of pyridine rings is 1. The molecule has 1 N–H and O–H groups in total. The Labute approximate surface area is 114 Å². The van der Waals surface area contributed by atoms with Gasteiger partial charge in [-0.1, -0.05) is 18.2 Å². The summed E-state index contributed by atoms with van der Waals surface area (Å²) in [6.07, 6.45) is 0. The van der Waals surface area contributed by atoms with Crippen LogP contribution >= 0.6 is 11.3 Å². The molecule has 0 bridgehead atoms. The maximum atomic E-state index is 9.20. The zero-order valence-electron chi connectivity index (χ0n) is 10.00. The molecule has 3 aromatic rings. The fourth-order valence-corrected chi connectivity index (χ4v) is 2.42. The minimum Gasteiger partial charge on any atom is -0.364 e. The molecule has 19 heavy (non-hydrogen) atoms. The first kappa shape index (κ1) is 11.6. The van der Waals surface area contributed by atoms with E-state index in [4.69, 9.17) is 0 Å².